The molecule has 0 saturated heterocycles. The van der Waals surface area contributed by atoms with Crippen LogP contribution >= 0.6 is 0 Å². The minimum Gasteiger partial charge on any atom is -0.394 e. The second-order valence-corrected chi connectivity index (χ2v) is 5.87. The van der Waals surface area contributed by atoms with Crippen LogP contribution in [-0.4, -0.2) is 46.1 Å². The molecule has 0 aromatic heterocycles. The van der Waals surface area contributed by atoms with Gasteiger partial charge in [0, 0.05) is 19.4 Å². The normalized spacial score (nSPS) is 11.4. The van der Waals surface area contributed by atoms with Crippen molar-refractivity contribution in [3.05, 3.63) is 24.3 Å². The van der Waals surface area contributed by atoms with Crippen molar-refractivity contribution in [3.8, 4) is 0 Å². The molecule has 2 N–H and O–H groups in total. The lowest BCUT2D eigenvalue weighted by molar-refractivity contribution is 0.0922. The van der Waals surface area contributed by atoms with Crippen LogP contribution in [0.15, 0.2) is 29.2 Å². The maximum atomic E-state index is 11.5. The van der Waals surface area contributed by atoms with Gasteiger partial charge in [0.1, 0.15) is 0 Å². The number of anilines is 1. The molecule has 1 aromatic rings. The number of aliphatic hydroxyl groups excluding tert-OH is 1. The van der Waals surface area contributed by atoms with Crippen molar-refractivity contribution in [2.45, 2.75) is 11.3 Å². The predicted molar refractivity (Wildman–Crippen MR) is 70.6 cm³/mol. The third-order valence-electron chi connectivity index (χ3n) is 2.30. The molecule has 5 nitrogen and oxygen atoms in total. The average molecular weight is 273 g/mol. The predicted octanol–water partition coefficient (Wildman–Crippen LogP) is 0.901. The quantitative estimate of drug-likeness (QED) is 0.688. The molecule has 0 bridgehead atoms. The van der Waals surface area contributed by atoms with Gasteiger partial charge in [0.25, 0.3) is 0 Å². The van der Waals surface area contributed by atoms with Gasteiger partial charge in [-0.05, 0) is 18.6 Å². The first-order chi connectivity index (χ1) is 8.55. The maximum Gasteiger partial charge on any atom is 0.177 e. The number of sulfone groups is 1. The number of rotatable bonds is 8. The van der Waals surface area contributed by atoms with Crippen LogP contribution < -0.4 is 5.32 Å². The van der Waals surface area contributed by atoms with E-state index in [1.54, 1.807) is 24.3 Å². The summed E-state index contributed by atoms with van der Waals surface area (Å²) in [5.74, 6) is 0. The van der Waals surface area contributed by atoms with Gasteiger partial charge in [-0.3, -0.25) is 0 Å². The fraction of sp³-hybridized carbons (Fsp3) is 0.500. The Morgan fingerprint density at radius 2 is 2.00 bits per heavy atom. The van der Waals surface area contributed by atoms with E-state index >= 15 is 0 Å². The summed E-state index contributed by atoms with van der Waals surface area (Å²) in [6.07, 6.45) is 1.94. The molecule has 18 heavy (non-hydrogen) atoms. The summed E-state index contributed by atoms with van der Waals surface area (Å²) in [5.41, 5.74) is 0.613. The SMILES string of the molecule is CS(=O)(=O)c1ccccc1NCCCOCCO. The lowest BCUT2D eigenvalue weighted by Crippen LogP contribution is -2.10. The van der Waals surface area contributed by atoms with Gasteiger partial charge in [-0.1, -0.05) is 12.1 Å². The van der Waals surface area contributed by atoms with Crippen molar-refractivity contribution < 1.29 is 18.3 Å². The third kappa shape index (κ3) is 5.03. The Morgan fingerprint density at radius 1 is 1.28 bits per heavy atom. The Morgan fingerprint density at radius 3 is 2.67 bits per heavy atom. The van der Waals surface area contributed by atoms with Gasteiger partial charge in [0.05, 0.1) is 23.8 Å². The topological polar surface area (TPSA) is 75.6 Å². The van der Waals surface area contributed by atoms with E-state index < -0.39 is 9.84 Å². The smallest absolute Gasteiger partial charge is 0.177 e. The summed E-state index contributed by atoms with van der Waals surface area (Å²) in [4.78, 5) is 0.307. The number of benzene rings is 1. The molecule has 0 fully saturated rings. The molecule has 0 aliphatic carbocycles. The van der Waals surface area contributed by atoms with Crippen molar-refractivity contribution in [2.24, 2.45) is 0 Å². The summed E-state index contributed by atoms with van der Waals surface area (Å²) in [6.45, 7) is 1.51. The van der Waals surface area contributed by atoms with Gasteiger partial charge >= 0.3 is 0 Å². The maximum absolute atomic E-state index is 11.5. The highest BCUT2D eigenvalue weighted by molar-refractivity contribution is 7.90. The van der Waals surface area contributed by atoms with Crippen molar-refractivity contribution in [1.29, 1.82) is 0 Å². The number of nitrogens with one attached hydrogen (secondary N) is 1. The number of ether oxygens (including phenoxy) is 1. The number of hydrogen-bond acceptors (Lipinski definition) is 5. The van der Waals surface area contributed by atoms with Gasteiger partial charge in [-0.15, -0.1) is 0 Å². The van der Waals surface area contributed by atoms with Crippen molar-refractivity contribution in [3.63, 3.8) is 0 Å². The molecule has 1 rings (SSSR count). The fourth-order valence-corrected chi connectivity index (χ4v) is 2.37. The minimum absolute atomic E-state index is 0.0182. The zero-order valence-electron chi connectivity index (χ0n) is 10.4. The van der Waals surface area contributed by atoms with E-state index in [0.717, 1.165) is 6.42 Å². The standard InChI is InChI=1S/C12H19NO4S/c1-18(15,16)12-6-3-2-5-11(12)13-7-4-9-17-10-8-14/h2-3,5-6,13-14H,4,7-10H2,1H3. The Hall–Kier alpha value is -1.11. The number of para-hydroxylation sites is 1. The Bertz CT molecular complexity index is 459. The van der Waals surface area contributed by atoms with Crippen LogP contribution in [0.4, 0.5) is 5.69 Å². The van der Waals surface area contributed by atoms with Gasteiger partial charge < -0.3 is 15.2 Å². The molecule has 1 aromatic carbocycles. The first-order valence-electron chi connectivity index (χ1n) is 5.77. The summed E-state index contributed by atoms with van der Waals surface area (Å²) in [6, 6.07) is 6.82. The second-order valence-electron chi connectivity index (χ2n) is 3.88. The Labute approximate surface area is 108 Å². The molecule has 0 atom stereocenters. The largest absolute Gasteiger partial charge is 0.394 e. The molecule has 0 saturated carbocycles. The van der Waals surface area contributed by atoms with E-state index in [9.17, 15) is 8.42 Å². The van der Waals surface area contributed by atoms with Crippen LogP contribution in [0.25, 0.3) is 0 Å². The van der Waals surface area contributed by atoms with Gasteiger partial charge in [-0.25, -0.2) is 8.42 Å². The highest BCUT2D eigenvalue weighted by atomic mass is 32.2. The van der Waals surface area contributed by atoms with Crippen LogP contribution in [-0.2, 0) is 14.6 Å². The molecule has 6 heteroatoms. The summed E-state index contributed by atoms with van der Waals surface area (Å²) < 4.78 is 28.2. The van der Waals surface area contributed by atoms with Crippen molar-refractivity contribution in [1.82, 2.24) is 0 Å². The molecule has 0 radical (unpaired) electrons. The number of aliphatic hydroxyl groups is 1. The molecule has 0 unspecified atom stereocenters. The van der Waals surface area contributed by atoms with Crippen molar-refractivity contribution in [2.75, 3.05) is 37.9 Å². The lowest BCUT2D eigenvalue weighted by Gasteiger charge is -2.10. The molecule has 0 aliphatic heterocycles. The molecular weight excluding hydrogens is 254 g/mol. The van der Waals surface area contributed by atoms with E-state index in [2.05, 4.69) is 5.32 Å². The lowest BCUT2D eigenvalue weighted by atomic mass is 10.3. The molecule has 0 amide bonds. The highest BCUT2D eigenvalue weighted by Gasteiger charge is 2.11. The first kappa shape index (κ1) is 14.9. The van der Waals surface area contributed by atoms with Crippen LogP contribution in [0, 0.1) is 0 Å². The third-order valence-corrected chi connectivity index (χ3v) is 3.46. The van der Waals surface area contributed by atoms with Gasteiger partial charge in [0.2, 0.25) is 0 Å². The molecule has 102 valence electrons. The minimum atomic E-state index is -3.21. The molecular formula is C12H19NO4S. The fourth-order valence-electron chi connectivity index (χ4n) is 1.50. The van der Waals surface area contributed by atoms with E-state index in [-0.39, 0.29) is 6.61 Å². The molecule has 0 aliphatic rings. The summed E-state index contributed by atoms with van der Waals surface area (Å²) >= 11 is 0. The van der Waals surface area contributed by atoms with Crippen LogP contribution in [0.1, 0.15) is 6.42 Å². The zero-order valence-corrected chi connectivity index (χ0v) is 11.2. The molecule has 0 heterocycles. The summed E-state index contributed by atoms with van der Waals surface area (Å²) in [5, 5.41) is 11.6. The summed E-state index contributed by atoms with van der Waals surface area (Å²) in [7, 11) is -3.21. The highest BCUT2D eigenvalue weighted by Crippen LogP contribution is 2.20. The first-order valence-corrected chi connectivity index (χ1v) is 7.66. The van der Waals surface area contributed by atoms with E-state index in [1.807, 2.05) is 0 Å². The average Bonchev–Trinajstić information content (AvgIpc) is 2.33. The van der Waals surface area contributed by atoms with E-state index in [1.165, 1.54) is 6.26 Å². The Kier molecular flexibility index (Phi) is 6.11. The second kappa shape index (κ2) is 7.35. The van der Waals surface area contributed by atoms with Gasteiger partial charge in [0.15, 0.2) is 9.84 Å². The van der Waals surface area contributed by atoms with Crippen molar-refractivity contribution >= 4 is 15.5 Å². The van der Waals surface area contributed by atoms with Gasteiger partial charge in [-0.2, -0.15) is 0 Å². The van der Waals surface area contributed by atoms with E-state index in [0.29, 0.717) is 30.3 Å². The van der Waals surface area contributed by atoms with Crippen LogP contribution in [0.2, 0.25) is 0 Å². The number of hydrogen-bond donors (Lipinski definition) is 2. The zero-order chi connectivity index (χ0) is 13.4. The van der Waals surface area contributed by atoms with E-state index in [4.69, 9.17) is 9.84 Å². The molecule has 0 spiro atoms. The Balaban J connectivity index is 2.48. The van der Waals surface area contributed by atoms with Crippen LogP contribution in [0.5, 0.6) is 0 Å². The monoisotopic (exact) mass is 273 g/mol. The van der Waals surface area contributed by atoms with Crippen LogP contribution in [0.3, 0.4) is 0 Å².